The molecule has 0 saturated carbocycles. The SMILES string of the molecule is C1=C(N2CCC3(CNC3)C2)c2ccccc2NC1c1ccc(N2CCNCC2)nc1.CC. The van der Waals surface area contributed by atoms with Crippen LogP contribution in [-0.2, 0) is 0 Å². The van der Waals surface area contributed by atoms with E-state index in [2.05, 4.69) is 74.4 Å². The Kier molecular flexibility index (Phi) is 6.07. The first-order valence-electron chi connectivity index (χ1n) is 12.2. The Labute approximate surface area is 192 Å². The molecule has 4 aliphatic heterocycles. The third-order valence-electron chi connectivity index (χ3n) is 7.19. The highest BCUT2D eigenvalue weighted by atomic mass is 15.2. The van der Waals surface area contributed by atoms with E-state index in [9.17, 15) is 0 Å². The molecule has 6 heteroatoms. The van der Waals surface area contributed by atoms with Crippen LogP contribution in [-0.4, -0.2) is 62.2 Å². The van der Waals surface area contributed by atoms with Gasteiger partial charge < -0.3 is 25.8 Å². The third-order valence-corrected chi connectivity index (χ3v) is 7.19. The average molecular weight is 433 g/mol. The van der Waals surface area contributed by atoms with Gasteiger partial charge in [-0.1, -0.05) is 38.1 Å². The molecule has 170 valence electrons. The van der Waals surface area contributed by atoms with Gasteiger partial charge in [0.25, 0.3) is 0 Å². The van der Waals surface area contributed by atoms with Crippen LogP contribution in [0.2, 0.25) is 0 Å². The summed E-state index contributed by atoms with van der Waals surface area (Å²) in [4.78, 5) is 9.78. The van der Waals surface area contributed by atoms with Crippen molar-refractivity contribution in [1.82, 2.24) is 20.5 Å². The Morgan fingerprint density at radius 3 is 2.44 bits per heavy atom. The van der Waals surface area contributed by atoms with Crippen molar-refractivity contribution >= 4 is 17.2 Å². The summed E-state index contributed by atoms with van der Waals surface area (Å²) < 4.78 is 0. The maximum atomic E-state index is 4.81. The Morgan fingerprint density at radius 2 is 1.75 bits per heavy atom. The summed E-state index contributed by atoms with van der Waals surface area (Å²) in [5, 5.41) is 10.6. The van der Waals surface area contributed by atoms with E-state index in [-0.39, 0.29) is 6.04 Å². The van der Waals surface area contributed by atoms with Crippen LogP contribution in [0.1, 0.15) is 37.4 Å². The standard InChI is InChI=1S/C24H30N6.C2H6/c1-2-4-20-19(3-1)22(30-10-7-24(17-30)15-26-16-24)13-21(28-20)18-5-6-23(27-14-18)29-11-8-25-9-12-29;1-2/h1-6,13-14,21,25-26,28H,7-12,15-17H2;1-2H3. The van der Waals surface area contributed by atoms with E-state index in [0.717, 1.165) is 58.2 Å². The zero-order chi connectivity index (χ0) is 22.0. The molecule has 3 N–H and O–H groups in total. The van der Waals surface area contributed by atoms with Crippen molar-refractivity contribution in [3.63, 3.8) is 0 Å². The highest BCUT2D eigenvalue weighted by Gasteiger charge is 2.44. The molecule has 5 heterocycles. The Bertz CT molecular complexity index is 943. The first-order valence-corrected chi connectivity index (χ1v) is 12.2. The van der Waals surface area contributed by atoms with Crippen LogP contribution < -0.4 is 20.9 Å². The minimum absolute atomic E-state index is 0.149. The molecular weight excluding hydrogens is 396 g/mol. The monoisotopic (exact) mass is 432 g/mol. The third kappa shape index (κ3) is 3.97. The fourth-order valence-corrected chi connectivity index (χ4v) is 5.31. The second-order valence-corrected chi connectivity index (χ2v) is 9.18. The number of hydrogen-bond donors (Lipinski definition) is 3. The summed E-state index contributed by atoms with van der Waals surface area (Å²) in [7, 11) is 0. The maximum absolute atomic E-state index is 4.81. The molecule has 6 nitrogen and oxygen atoms in total. The van der Waals surface area contributed by atoms with E-state index in [1.807, 2.05) is 13.8 Å². The number of rotatable bonds is 3. The van der Waals surface area contributed by atoms with Crippen LogP contribution in [0.25, 0.3) is 5.70 Å². The Morgan fingerprint density at radius 1 is 0.938 bits per heavy atom. The van der Waals surface area contributed by atoms with Crippen LogP contribution >= 0.6 is 0 Å². The summed E-state index contributed by atoms with van der Waals surface area (Å²) in [6.45, 7) is 12.7. The number of hydrogen-bond acceptors (Lipinski definition) is 6. The zero-order valence-corrected chi connectivity index (χ0v) is 19.4. The smallest absolute Gasteiger partial charge is 0.128 e. The normalized spacial score (nSPS) is 23.4. The topological polar surface area (TPSA) is 55.5 Å². The molecule has 0 amide bonds. The van der Waals surface area contributed by atoms with E-state index in [1.54, 1.807) is 0 Å². The van der Waals surface area contributed by atoms with Crippen molar-refractivity contribution in [2.45, 2.75) is 26.3 Å². The van der Waals surface area contributed by atoms with Gasteiger partial charge in [0.1, 0.15) is 5.82 Å². The van der Waals surface area contributed by atoms with Gasteiger partial charge in [0.05, 0.1) is 6.04 Å². The molecule has 0 aliphatic carbocycles. The van der Waals surface area contributed by atoms with Gasteiger partial charge in [-0.2, -0.15) is 0 Å². The second-order valence-electron chi connectivity index (χ2n) is 9.18. The first kappa shape index (κ1) is 21.3. The molecule has 1 aromatic carbocycles. The van der Waals surface area contributed by atoms with E-state index in [4.69, 9.17) is 4.98 Å². The van der Waals surface area contributed by atoms with Gasteiger partial charge in [-0.15, -0.1) is 0 Å². The van der Waals surface area contributed by atoms with Crippen LogP contribution in [0.5, 0.6) is 0 Å². The molecule has 3 saturated heterocycles. The molecule has 1 unspecified atom stereocenters. The fourth-order valence-electron chi connectivity index (χ4n) is 5.31. The summed E-state index contributed by atoms with van der Waals surface area (Å²) in [6.07, 6.45) is 5.76. The number of fused-ring (bicyclic) bond motifs is 1. The second kappa shape index (κ2) is 9.12. The van der Waals surface area contributed by atoms with Gasteiger partial charge >= 0.3 is 0 Å². The van der Waals surface area contributed by atoms with Crippen LogP contribution in [0, 0.1) is 5.41 Å². The molecule has 2 aromatic rings. The summed E-state index contributed by atoms with van der Waals surface area (Å²) in [6, 6.07) is 13.3. The molecule has 1 aromatic heterocycles. The number of piperazine rings is 1. The first-order chi connectivity index (χ1) is 15.8. The Hall–Kier alpha value is -2.57. The highest BCUT2D eigenvalue weighted by molar-refractivity contribution is 5.79. The number of likely N-dealkylation sites (tertiary alicyclic amines) is 1. The zero-order valence-electron chi connectivity index (χ0n) is 19.4. The van der Waals surface area contributed by atoms with Crippen LogP contribution in [0.15, 0.2) is 48.7 Å². The quantitative estimate of drug-likeness (QED) is 0.692. The van der Waals surface area contributed by atoms with Crippen molar-refractivity contribution in [1.29, 1.82) is 0 Å². The van der Waals surface area contributed by atoms with Crippen molar-refractivity contribution in [2.24, 2.45) is 5.41 Å². The lowest BCUT2D eigenvalue weighted by molar-refractivity contribution is 0.183. The van der Waals surface area contributed by atoms with Crippen LogP contribution in [0.4, 0.5) is 11.5 Å². The van der Waals surface area contributed by atoms with Gasteiger partial charge in [0.2, 0.25) is 0 Å². The fraction of sp³-hybridized carbons (Fsp3) is 0.500. The summed E-state index contributed by atoms with van der Waals surface area (Å²) >= 11 is 0. The van der Waals surface area contributed by atoms with E-state index < -0.39 is 0 Å². The molecule has 1 spiro atoms. The lowest BCUT2D eigenvalue weighted by Crippen LogP contribution is -2.54. The van der Waals surface area contributed by atoms with Gasteiger partial charge in [0.15, 0.2) is 0 Å². The molecule has 0 radical (unpaired) electrons. The minimum Gasteiger partial charge on any atom is -0.374 e. The predicted octanol–water partition coefficient (Wildman–Crippen LogP) is 3.32. The van der Waals surface area contributed by atoms with Gasteiger partial charge in [-0.05, 0) is 30.2 Å². The molecule has 6 rings (SSSR count). The predicted molar refractivity (Wildman–Crippen MR) is 133 cm³/mol. The molecule has 4 aliphatic rings. The lowest BCUT2D eigenvalue weighted by Gasteiger charge is -2.40. The molecule has 3 fully saturated rings. The van der Waals surface area contributed by atoms with E-state index in [0.29, 0.717) is 5.41 Å². The molecular formula is C26H36N6. The number of aromatic nitrogens is 1. The minimum atomic E-state index is 0.149. The number of nitrogens with one attached hydrogen (secondary N) is 3. The molecule has 0 bridgehead atoms. The van der Waals surface area contributed by atoms with Crippen molar-refractivity contribution in [3.8, 4) is 0 Å². The lowest BCUT2D eigenvalue weighted by atomic mass is 9.81. The van der Waals surface area contributed by atoms with Crippen LogP contribution in [0.3, 0.4) is 0 Å². The number of nitrogens with zero attached hydrogens (tertiary/aromatic N) is 3. The van der Waals surface area contributed by atoms with Crippen molar-refractivity contribution < 1.29 is 0 Å². The maximum Gasteiger partial charge on any atom is 0.128 e. The number of pyridine rings is 1. The summed E-state index contributed by atoms with van der Waals surface area (Å²) in [5.41, 5.74) is 5.63. The average Bonchev–Trinajstić information content (AvgIpc) is 3.32. The number of anilines is 2. The summed E-state index contributed by atoms with van der Waals surface area (Å²) in [5.74, 6) is 1.08. The van der Waals surface area contributed by atoms with Crippen molar-refractivity contribution in [2.75, 3.05) is 62.6 Å². The number of benzene rings is 1. The largest absolute Gasteiger partial charge is 0.374 e. The van der Waals surface area contributed by atoms with Gasteiger partial charge in [0, 0.05) is 80.9 Å². The number of para-hydroxylation sites is 1. The molecule has 32 heavy (non-hydrogen) atoms. The van der Waals surface area contributed by atoms with Gasteiger partial charge in [-0.3, -0.25) is 0 Å². The van der Waals surface area contributed by atoms with Crippen molar-refractivity contribution in [3.05, 3.63) is 59.8 Å². The molecule has 1 atom stereocenters. The highest BCUT2D eigenvalue weighted by Crippen LogP contribution is 2.42. The van der Waals surface area contributed by atoms with Gasteiger partial charge in [-0.25, -0.2) is 4.98 Å². The Balaban J connectivity index is 0.00000105. The van der Waals surface area contributed by atoms with E-state index >= 15 is 0 Å². The van der Waals surface area contributed by atoms with E-state index in [1.165, 1.54) is 28.9 Å².